The third-order valence-corrected chi connectivity index (χ3v) is 10.5. The van der Waals surface area contributed by atoms with E-state index >= 15 is 0 Å². The number of methoxy groups -OCH3 is 1. The quantitative estimate of drug-likeness (QED) is 0.0923. The Morgan fingerprint density at radius 1 is 0.690 bits per heavy atom. The van der Waals surface area contributed by atoms with Gasteiger partial charge in [0.15, 0.2) is 0 Å². The van der Waals surface area contributed by atoms with Crippen molar-refractivity contribution in [3.8, 4) is 5.75 Å². The van der Waals surface area contributed by atoms with E-state index < -0.39 is 0 Å². The Morgan fingerprint density at radius 2 is 1.14 bits per heavy atom. The SMILES string of the molecule is CCCCCCCCCCCCCCCCCCCP(I)c1cccc(OC)c1. The summed E-state index contributed by atoms with van der Waals surface area (Å²) in [6.07, 6.45) is 25.9. The highest BCUT2D eigenvalue weighted by Crippen LogP contribution is 2.45. The fourth-order valence-electron chi connectivity index (χ4n) is 3.87. The molecule has 1 nitrogen and oxygen atoms in total. The predicted molar refractivity (Wildman–Crippen MR) is 143 cm³/mol. The molecule has 0 fully saturated rings. The van der Waals surface area contributed by atoms with Crippen LogP contribution < -0.4 is 10.0 Å². The minimum absolute atomic E-state index is 0.0512. The molecule has 0 aromatic heterocycles. The summed E-state index contributed by atoms with van der Waals surface area (Å²) in [6.45, 7) is 2.30. The fraction of sp³-hybridized carbons (Fsp3) is 0.769. The lowest BCUT2D eigenvalue weighted by Gasteiger charge is -2.11. The van der Waals surface area contributed by atoms with Crippen LogP contribution in [-0.2, 0) is 0 Å². The molecule has 1 atom stereocenters. The van der Waals surface area contributed by atoms with E-state index in [0.29, 0.717) is 0 Å². The number of ether oxygens (including phenoxy) is 1. The van der Waals surface area contributed by atoms with Crippen molar-refractivity contribution >= 4 is 32.9 Å². The van der Waals surface area contributed by atoms with E-state index in [4.69, 9.17) is 4.74 Å². The number of rotatable bonds is 20. The Balaban J connectivity index is 1.82. The molecule has 0 saturated heterocycles. The third-order valence-electron chi connectivity index (χ3n) is 5.79. The Kier molecular flexibility index (Phi) is 18.9. The van der Waals surface area contributed by atoms with Gasteiger partial charge in [0, 0.05) is 0 Å². The molecule has 29 heavy (non-hydrogen) atoms. The summed E-state index contributed by atoms with van der Waals surface area (Å²) in [5, 5.41) is 1.47. The molecule has 1 aromatic rings. The second-order valence-electron chi connectivity index (χ2n) is 8.44. The highest BCUT2D eigenvalue weighted by atomic mass is 127. The summed E-state index contributed by atoms with van der Waals surface area (Å²) in [5.41, 5.74) is -0.0512. The van der Waals surface area contributed by atoms with Gasteiger partial charge in [-0.15, -0.1) is 0 Å². The Morgan fingerprint density at radius 3 is 1.59 bits per heavy atom. The van der Waals surface area contributed by atoms with Gasteiger partial charge in [-0.05, 0) is 57.6 Å². The summed E-state index contributed by atoms with van der Waals surface area (Å²) in [6, 6.07) is 8.63. The van der Waals surface area contributed by atoms with Crippen LogP contribution in [0.25, 0.3) is 0 Å². The zero-order valence-corrected chi connectivity index (χ0v) is 22.3. The maximum Gasteiger partial charge on any atom is 0.119 e. The van der Waals surface area contributed by atoms with Gasteiger partial charge in [0.1, 0.15) is 5.75 Å². The molecule has 0 N–H and O–H groups in total. The van der Waals surface area contributed by atoms with Crippen LogP contribution in [-0.4, -0.2) is 13.3 Å². The van der Waals surface area contributed by atoms with Gasteiger partial charge in [-0.2, -0.15) is 0 Å². The summed E-state index contributed by atoms with van der Waals surface area (Å²) in [7, 11) is 1.76. The van der Waals surface area contributed by atoms with E-state index in [-0.39, 0.29) is 5.56 Å². The highest BCUT2D eigenvalue weighted by Gasteiger charge is 2.07. The standard InChI is InChI=1S/C26H46IOP/c1-3-4-5-6-7-8-9-10-11-12-13-14-15-16-17-18-19-23-29(27)26-22-20-21-25(24-26)28-2/h20-22,24H,3-19,23H2,1-2H3. The summed E-state index contributed by atoms with van der Waals surface area (Å²) in [4.78, 5) is 0. The third kappa shape index (κ3) is 15.6. The lowest BCUT2D eigenvalue weighted by atomic mass is 10.0. The molecule has 1 unspecified atom stereocenters. The highest BCUT2D eigenvalue weighted by molar-refractivity contribution is 14.2. The van der Waals surface area contributed by atoms with Gasteiger partial charge < -0.3 is 4.74 Å². The van der Waals surface area contributed by atoms with E-state index in [1.807, 2.05) is 6.07 Å². The fourth-order valence-corrected chi connectivity index (χ4v) is 7.06. The molecule has 0 aliphatic heterocycles. The van der Waals surface area contributed by atoms with Crippen molar-refractivity contribution in [1.82, 2.24) is 0 Å². The van der Waals surface area contributed by atoms with Crippen molar-refractivity contribution in [3.05, 3.63) is 24.3 Å². The first-order chi connectivity index (χ1) is 14.3. The van der Waals surface area contributed by atoms with Crippen LogP contribution >= 0.6 is 27.6 Å². The average molecular weight is 533 g/mol. The van der Waals surface area contributed by atoms with Crippen LogP contribution in [0.5, 0.6) is 5.75 Å². The molecule has 0 aliphatic rings. The average Bonchev–Trinajstić information content (AvgIpc) is 2.75. The van der Waals surface area contributed by atoms with Gasteiger partial charge in [0.2, 0.25) is 0 Å². The van der Waals surface area contributed by atoms with E-state index in [2.05, 4.69) is 47.2 Å². The lowest BCUT2D eigenvalue weighted by molar-refractivity contribution is 0.415. The summed E-state index contributed by atoms with van der Waals surface area (Å²) < 4.78 is 5.35. The Hall–Kier alpha value is 0.180. The minimum Gasteiger partial charge on any atom is -0.497 e. The normalized spacial score (nSPS) is 12.2. The number of hydrogen-bond acceptors (Lipinski definition) is 1. The topological polar surface area (TPSA) is 9.23 Å². The van der Waals surface area contributed by atoms with Gasteiger partial charge >= 0.3 is 0 Å². The first-order valence-corrected chi connectivity index (χ1v) is 16.7. The number of unbranched alkanes of at least 4 members (excludes halogenated alkanes) is 16. The maximum absolute atomic E-state index is 5.35. The molecular weight excluding hydrogens is 486 g/mol. The van der Waals surface area contributed by atoms with Crippen molar-refractivity contribution in [2.45, 2.75) is 116 Å². The van der Waals surface area contributed by atoms with E-state index in [0.717, 1.165) is 5.75 Å². The zero-order chi connectivity index (χ0) is 21.0. The molecule has 0 aliphatic carbocycles. The van der Waals surface area contributed by atoms with Crippen LogP contribution in [0.15, 0.2) is 24.3 Å². The van der Waals surface area contributed by atoms with Crippen molar-refractivity contribution in [3.63, 3.8) is 0 Å². The molecule has 0 heterocycles. The maximum atomic E-state index is 5.35. The second kappa shape index (κ2) is 20.1. The van der Waals surface area contributed by atoms with E-state index in [9.17, 15) is 0 Å². The van der Waals surface area contributed by atoms with Crippen LogP contribution in [0.2, 0.25) is 0 Å². The molecule has 0 radical (unpaired) electrons. The largest absolute Gasteiger partial charge is 0.497 e. The number of hydrogen-bond donors (Lipinski definition) is 0. The molecular formula is C26H46IOP. The van der Waals surface area contributed by atoms with Gasteiger partial charge in [-0.25, -0.2) is 0 Å². The van der Waals surface area contributed by atoms with Crippen molar-refractivity contribution in [2.75, 3.05) is 13.3 Å². The molecule has 1 aromatic carbocycles. The van der Waals surface area contributed by atoms with Crippen LogP contribution in [0.4, 0.5) is 0 Å². The zero-order valence-electron chi connectivity index (χ0n) is 19.3. The van der Waals surface area contributed by atoms with Crippen molar-refractivity contribution in [2.24, 2.45) is 0 Å². The van der Waals surface area contributed by atoms with Crippen LogP contribution in [0, 0.1) is 0 Å². The second-order valence-corrected chi connectivity index (χ2v) is 13.6. The lowest BCUT2D eigenvalue weighted by Crippen LogP contribution is -2.00. The van der Waals surface area contributed by atoms with Gasteiger partial charge in [-0.3, -0.25) is 0 Å². The van der Waals surface area contributed by atoms with Crippen molar-refractivity contribution < 1.29 is 4.74 Å². The molecule has 0 spiro atoms. The summed E-state index contributed by atoms with van der Waals surface area (Å²) in [5.74, 6) is 0.995. The first-order valence-electron chi connectivity index (χ1n) is 12.3. The number of halogens is 1. The minimum atomic E-state index is -0.0512. The molecule has 168 valence electrons. The van der Waals surface area contributed by atoms with Gasteiger partial charge in [-0.1, -0.05) is 122 Å². The summed E-state index contributed by atoms with van der Waals surface area (Å²) >= 11 is 2.65. The first kappa shape index (κ1) is 27.2. The Labute approximate surface area is 196 Å². The molecule has 0 saturated carbocycles. The van der Waals surface area contributed by atoms with Crippen LogP contribution in [0.1, 0.15) is 116 Å². The molecule has 3 heteroatoms. The monoisotopic (exact) mass is 532 g/mol. The predicted octanol–water partition coefficient (Wildman–Crippen LogP) is 9.80. The van der Waals surface area contributed by atoms with Crippen molar-refractivity contribution in [1.29, 1.82) is 0 Å². The molecule has 1 rings (SSSR count). The van der Waals surface area contributed by atoms with E-state index in [1.54, 1.807) is 7.11 Å². The van der Waals surface area contributed by atoms with Gasteiger partial charge in [0.05, 0.1) is 7.11 Å². The molecule has 0 bridgehead atoms. The molecule has 0 amide bonds. The van der Waals surface area contributed by atoms with Gasteiger partial charge in [0.25, 0.3) is 0 Å². The van der Waals surface area contributed by atoms with Crippen LogP contribution in [0.3, 0.4) is 0 Å². The smallest absolute Gasteiger partial charge is 0.119 e. The Bertz CT molecular complexity index is 480. The van der Waals surface area contributed by atoms with E-state index in [1.165, 1.54) is 121 Å². The number of benzene rings is 1.